The van der Waals surface area contributed by atoms with Gasteiger partial charge >= 0.3 is 28.2 Å². The van der Waals surface area contributed by atoms with E-state index in [0.29, 0.717) is 11.3 Å². The average molecular weight is 456 g/mol. The number of thiocarbonyl (C=S) groups is 1. The summed E-state index contributed by atoms with van der Waals surface area (Å²) in [5, 5.41) is 0.0987. The number of allylic oxidation sites excluding steroid dienone is 4. The summed E-state index contributed by atoms with van der Waals surface area (Å²) >= 11 is 6.18. The molecule has 0 saturated carbocycles. The van der Waals surface area contributed by atoms with Gasteiger partial charge in [0.05, 0.1) is 7.11 Å². The maximum atomic E-state index is 11.6. The predicted molar refractivity (Wildman–Crippen MR) is 66.2 cm³/mol. The van der Waals surface area contributed by atoms with Gasteiger partial charge in [0.2, 0.25) is 5.78 Å². The second kappa shape index (κ2) is 9.22. The van der Waals surface area contributed by atoms with Crippen LogP contribution in [0.2, 0.25) is 0 Å². The van der Waals surface area contributed by atoms with Crippen molar-refractivity contribution in [2.75, 3.05) is 7.11 Å². The van der Waals surface area contributed by atoms with Crippen LogP contribution in [0.1, 0.15) is 0 Å². The number of hydrogen-bond donors (Lipinski definition) is 3. The fraction of sp³-hybridized carbons (Fsp3) is 0.111. The molecule has 1 aliphatic rings. The van der Waals surface area contributed by atoms with Gasteiger partial charge in [0, 0.05) is 11.8 Å². The zero-order valence-corrected chi connectivity index (χ0v) is 12.7. The second-order valence-electron chi connectivity index (χ2n) is 2.66. The first-order valence-electron chi connectivity index (χ1n) is 4.25. The van der Waals surface area contributed by atoms with Crippen LogP contribution in [-0.4, -0.2) is 18.0 Å². The number of halogens is 1. The SMILES string of the molecule is COC1=CC=C/C(=C/NNC(N)=S)C1=O.[Cl][Pt]. The van der Waals surface area contributed by atoms with Gasteiger partial charge in [-0.25, -0.2) is 0 Å². The molecule has 5 nitrogen and oxygen atoms in total. The van der Waals surface area contributed by atoms with Crippen LogP contribution in [-0.2, 0) is 28.3 Å². The van der Waals surface area contributed by atoms with Crippen molar-refractivity contribution < 1.29 is 28.3 Å². The Hall–Kier alpha value is -0.842. The van der Waals surface area contributed by atoms with Crippen molar-refractivity contribution >= 4 is 32.5 Å². The van der Waals surface area contributed by atoms with Gasteiger partial charge in [-0.05, 0) is 24.4 Å². The Morgan fingerprint density at radius 3 is 2.82 bits per heavy atom. The topological polar surface area (TPSA) is 76.4 Å². The van der Waals surface area contributed by atoms with E-state index in [2.05, 4.69) is 32.5 Å². The molecule has 1 rings (SSSR count). The zero-order chi connectivity index (χ0) is 13.3. The molecule has 8 heteroatoms. The molecule has 0 bridgehead atoms. The van der Waals surface area contributed by atoms with Crippen molar-refractivity contribution in [1.82, 2.24) is 10.9 Å². The van der Waals surface area contributed by atoms with E-state index in [1.165, 1.54) is 13.3 Å². The van der Waals surface area contributed by atoms with E-state index in [4.69, 9.17) is 10.5 Å². The summed E-state index contributed by atoms with van der Waals surface area (Å²) in [7, 11) is 6.06. The molecular weight excluding hydrogens is 445 g/mol. The third kappa shape index (κ3) is 5.86. The van der Waals surface area contributed by atoms with Crippen LogP contribution in [0.4, 0.5) is 0 Å². The third-order valence-electron chi connectivity index (χ3n) is 1.65. The maximum absolute atomic E-state index is 11.6. The number of carbonyl (C=O) groups excluding carboxylic acids is 1. The first-order chi connectivity index (χ1) is 8.15. The minimum absolute atomic E-state index is 0.0987. The van der Waals surface area contributed by atoms with Crippen LogP contribution in [0.15, 0.2) is 35.8 Å². The van der Waals surface area contributed by atoms with E-state index in [1.807, 2.05) is 0 Å². The van der Waals surface area contributed by atoms with Crippen LogP contribution in [0, 0.1) is 0 Å². The number of ketones is 1. The van der Waals surface area contributed by atoms with Gasteiger partial charge in [-0.2, -0.15) is 0 Å². The molecule has 1 aliphatic carbocycles. The second-order valence-corrected chi connectivity index (χ2v) is 3.10. The number of Topliss-reactive ketones (excluding diaryl/α,β-unsaturated/α-hetero) is 1. The van der Waals surface area contributed by atoms with Crippen molar-refractivity contribution in [2.24, 2.45) is 5.73 Å². The van der Waals surface area contributed by atoms with Gasteiger partial charge in [-0.1, -0.05) is 6.08 Å². The summed E-state index contributed by atoms with van der Waals surface area (Å²) in [5.74, 6) is 0.0955. The van der Waals surface area contributed by atoms with E-state index >= 15 is 0 Å². The Morgan fingerprint density at radius 1 is 1.65 bits per heavy atom. The fourth-order valence-electron chi connectivity index (χ4n) is 0.992. The van der Waals surface area contributed by atoms with Crippen molar-refractivity contribution in [1.29, 1.82) is 0 Å². The standard InChI is InChI=1S/C9H11N3O2S.ClH.Pt/c1-14-7-4-2-3-6(8(7)13)5-11-12-9(10)15;;/h2-5,11H,1H3,(H3,10,12,15);1H;/q;;+1/p-1/b6-5-;;. The van der Waals surface area contributed by atoms with Crippen molar-refractivity contribution in [3.8, 4) is 0 Å². The van der Waals surface area contributed by atoms with Gasteiger partial charge < -0.3 is 15.9 Å². The Bertz CT molecular complexity index is 382. The van der Waals surface area contributed by atoms with E-state index in [9.17, 15) is 4.79 Å². The molecule has 0 radical (unpaired) electrons. The van der Waals surface area contributed by atoms with E-state index < -0.39 is 0 Å². The Morgan fingerprint density at radius 2 is 2.29 bits per heavy atom. The van der Waals surface area contributed by atoms with Crippen LogP contribution in [0.25, 0.3) is 0 Å². The molecule has 0 aliphatic heterocycles. The van der Waals surface area contributed by atoms with Gasteiger partial charge in [0.1, 0.15) is 0 Å². The molecule has 0 heterocycles. The average Bonchev–Trinajstić information content (AvgIpc) is 2.33. The molecule has 0 saturated heterocycles. The number of carbonyl (C=O) groups is 1. The molecule has 0 spiro atoms. The molecule has 0 amide bonds. The Labute approximate surface area is 120 Å². The number of rotatable bonds is 3. The summed E-state index contributed by atoms with van der Waals surface area (Å²) in [6.45, 7) is 0. The molecule has 17 heavy (non-hydrogen) atoms. The first-order valence-corrected chi connectivity index (χ1v) is 7.47. The van der Waals surface area contributed by atoms with Gasteiger partial charge in [0.25, 0.3) is 0 Å². The summed E-state index contributed by atoms with van der Waals surface area (Å²) in [6.07, 6.45) is 6.43. The van der Waals surface area contributed by atoms with E-state index in [-0.39, 0.29) is 10.9 Å². The molecule has 0 unspecified atom stereocenters. The normalized spacial score (nSPS) is 15.6. The summed E-state index contributed by atoms with van der Waals surface area (Å²) in [4.78, 5) is 11.6. The Balaban J connectivity index is 0.00000121. The predicted octanol–water partition coefficient (Wildman–Crippen LogP) is 0.564. The Kier molecular flexibility index (Phi) is 8.76. The molecule has 0 aromatic carbocycles. The number of ether oxygens (including phenoxy) is 1. The fourth-order valence-corrected chi connectivity index (χ4v) is 1.05. The molecule has 0 fully saturated rings. The molecule has 0 aromatic rings. The first kappa shape index (κ1) is 16.2. The quantitative estimate of drug-likeness (QED) is 0.328. The van der Waals surface area contributed by atoms with E-state index in [1.54, 1.807) is 37.0 Å². The number of hydrogen-bond acceptors (Lipinski definition) is 4. The summed E-state index contributed by atoms with van der Waals surface area (Å²) in [6, 6.07) is 0. The third-order valence-corrected chi connectivity index (χ3v) is 1.75. The molecule has 0 aromatic heterocycles. The van der Waals surface area contributed by atoms with Gasteiger partial charge in [0.15, 0.2) is 10.9 Å². The van der Waals surface area contributed by atoms with Gasteiger partial charge in [-0.3, -0.25) is 10.2 Å². The zero-order valence-electron chi connectivity index (χ0n) is 8.81. The van der Waals surface area contributed by atoms with Gasteiger partial charge in [-0.15, -0.1) is 0 Å². The van der Waals surface area contributed by atoms with Crippen LogP contribution in [0.3, 0.4) is 0 Å². The molecule has 0 atom stereocenters. The molecule has 97 valence electrons. The summed E-state index contributed by atoms with van der Waals surface area (Å²) in [5.41, 5.74) is 10.7. The monoisotopic (exact) mass is 455 g/mol. The summed E-state index contributed by atoms with van der Waals surface area (Å²) < 4.78 is 4.88. The minimum atomic E-state index is -0.197. The van der Waals surface area contributed by atoms with E-state index in [0.717, 1.165) is 0 Å². The van der Waals surface area contributed by atoms with Crippen LogP contribution >= 0.6 is 21.6 Å². The number of methoxy groups -OCH3 is 1. The van der Waals surface area contributed by atoms with Crippen LogP contribution < -0.4 is 16.6 Å². The van der Waals surface area contributed by atoms with Crippen LogP contribution in [0.5, 0.6) is 0 Å². The van der Waals surface area contributed by atoms with Crippen molar-refractivity contribution in [3.05, 3.63) is 35.8 Å². The number of hydrazine groups is 1. The number of nitrogens with two attached hydrogens (primary N) is 1. The van der Waals surface area contributed by atoms with Crippen molar-refractivity contribution in [2.45, 2.75) is 0 Å². The van der Waals surface area contributed by atoms with Crippen molar-refractivity contribution in [3.63, 3.8) is 0 Å². The number of nitrogens with one attached hydrogen (secondary N) is 2. The molecular formula is C9H11ClN3O2PtS. The molecule has 4 N–H and O–H groups in total.